The molecule has 6 rings (SSSR count). The van der Waals surface area contributed by atoms with Crippen LogP contribution in [0.1, 0.15) is 55.2 Å². The van der Waals surface area contributed by atoms with E-state index in [9.17, 15) is 9.90 Å². The van der Waals surface area contributed by atoms with E-state index in [4.69, 9.17) is 4.74 Å². The minimum absolute atomic E-state index is 0.0577. The number of quaternary nitrogens is 1. The molecule has 2 aliphatic carbocycles. The number of carbonyl (C=O) groups is 1. The van der Waals surface area contributed by atoms with Gasteiger partial charge in [0.25, 0.3) is 0 Å². The van der Waals surface area contributed by atoms with Crippen LogP contribution in [-0.2, 0) is 28.2 Å². The summed E-state index contributed by atoms with van der Waals surface area (Å²) in [6, 6.07) is 18.8. The topological polar surface area (TPSA) is 46.5 Å². The van der Waals surface area contributed by atoms with E-state index < -0.39 is 11.6 Å². The Morgan fingerprint density at radius 3 is 2.52 bits per heavy atom. The van der Waals surface area contributed by atoms with Gasteiger partial charge in [-0.15, -0.1) is 0 Å². The number of hydrogen-bond acceptors (Lipinski definition) is 3. The van der Waals surface area contributed by atoms with E-state index in [0.29, 0.717) is 5.92 Å². The number of carbonyl (C=O) groups excluding carboxylic acids is 1. The zero-order valence-electron chi connectivity index (χ0n) is 18.1. The SMILES string of the molecule is O=C1OC23C[C@@H]2C[N+](Cc2ccccc2)(Cc2ccccc2C1(O)C1CCCCC1)C3. The van der Waals surface area contributed by atoms with Crippen LogP contribution in [0.25, 0.3) is 0 Å². The first-order valence-corrected chi connectivity index (χ1v) is 12.0. The first kappa shape index (κ1) is 19.5. The van der Waals surface area contributed by atoms with Crippen LogP contribution in [0.4, 0.5) is 0 Å². The average molecular weight is 419 g/mol. The standard InChI is InChI=1S/C27H32NO3/c29-25-27(30,22-12-5-2-6-13-22)24-14-8-7-11-21(24)17-28(16-20-9-3-1-4-10-20)18-23-15-26(23,19-28)31-25/h1,3-4,7-11,14,22-23,30H,2,5-6,12-13,15-19H2/q+1/t23-,26?,27?,28?/m1/s1. The Balaban J connectivity index is 1.46. The van der Waals surface area contributed by atoms with Crippen LogP contribution in [0.3, 0.4) is 0 Å². The molecule has 1 saturated heterocycles. The lowest BCUT2D eigenvalue weighted by atomic mass is 9.72. The minimum atomic E-state index is -1.53. The van der Waals surface area contributed by atoms with Crippen LogP contribution in [-0.4, -0.2) is 34.2 Å². The normalized spacial score (nSPS) is 37.1. The monoisotopic (exact) mass is 418 g/mol. The maximum Gasteiger partial charge on any atom is 0.343 e. The fourth-order valence-corrected chi connectivity index (χ4v) is 6.98. The molecular formula is C27H32NO3+. The summed E-state index contributed by atoms with van der Waals surface area (Å²) in [6.07, 6.45) is 6.06. The van der Waals surface area contributed by atoms with Crippen molar-refractivity contribution in [2.45, 2.75) is 62.8 Å². The number of esters is 1. The number of aliphatic hydroxyl groups is 1. The van der Waals surface area contributed by atoms with E-state index in [0.717, 1.165) is 73.9 Å². The van der Waals surface area contributed by atoms with Gasteiger partial charge in [0, 0.05) is 29.0 Å². The minimum Gasteiger partial charge on any atom is -0.450 e. The molecule has 2 bridgehead atoms. The summed E-state index contributed by atoms with van der Waals surface area (Å²) >= 11 is 0. The lowest BCUT2D eigenvalue weighted by molar-refractivity contribution is -0.948. The number of nitrogens with zero attached hydrogens (tertiary/aromatic N) is 1. The van der Waals surface area contributed by atoms with Crippen LogP contribution in [0.15, 0.2) is 54.6 Å². The number of piperidine rings is 1. The highest BCUT2D eigenvalue weighted by Gasteiger charge is 2.72. The van der Waals surface area contributed by atoms with E-state index in [1.165, 1.54) is 12.0 Å². The van der Waals surface area contributed by atoms with E-state index in [1.54, 1.807) is 0 Å². The molecule has 31 heavy (non-hydrogen) atoms. The molecule has 3 unspecified atom stereocenters. The fraction of sp³-hybridized carbons (Fsp3) is 0.519. The number of benzene rings is 2. The maximum atomic E-state index is 13.7. The molecule has 0 amide bonds. The van der Waals surface area contributed by atoms with E-state index >= 15 is 0 Å². The smallest absolute Gasteiger partial charge is 0.343 e. The van der Waals surface area contributed by atoms with E-state index in [-0.39, 0.29) is 11.5 Å². The molecule has 1 spiro atoms. The summed E-state index contributed by atoms with van der Waals surface area (Å²) in [5.41, 5.74) is 1.32. The van der Waals surface area contributed by atoms with Gasteiger partial charge in [0.2, 0.25) is 0 Å². The van der Waals surface area contributed by atoms with Crippen molar-refractivity contribution >= 4 is 5.97 Å². The van der Waals surface area contributed by atoms with Gasteiger partial charge in [-0.3, -0.25) is 0 Å². The fourth-order valence-electron chi connectivity index (χ4n) is 6.98. The van der Waals surface area contributed by atoms with Crippen molar-refractivity contribution < 1.29 is 19.1 Å². The predicted octanol–water partition coefficient (Wildman–Crippen LogP) is 4.30. The van der Waals surface area contributed by atoms with E-state index in [2.05, 4.69) is 42.5 Å². The average Bonchev–Trinajstić information content (AvgIpc) is 3.34. The van der Waals surface area contributed by atoms with Gasteiger partial charge in [-0.2, -0.15) is 0 Å². The second kappa shape index (κ2) is 6.91. The van der Waals surface area contributed by atoms with Gasteiger partial charge in [0.15, 0.2) is 11.2 Å². The highest BCUT2D eigenvalue weighted by atomic mass is 16.6. The van der Waals surface area contributed by atoms with Crippen molar-refractivity contribution in [2.75, 3.05) is 13.1 Å². The lowest BCUT2D eigenvalue weighted by Gasteiger charge is -2.39. The molecule has 4 aliphatic rings. The van der Waals surface area contributed by atoms with Gasteiger partial charge in [-0.05, 0) is 12.8 Å². The molecule has 0 radical (unpaired) electrons. The zero-order valence-corrected chi connectivity index (χ0v) is 18.1. The molecule has 4 atom stereocenters. The molecule has 2 aromatic rings. The Morgan fingerprint density at radius 1 is 0.968 bits per heavy atom. The molecule has 1 N–H and O–H groups in total. The van der Waals surface area contributed by atoms with Gasteiger partial charge >= 0.3 is 5.97 Å². The van der Waals surface area contributed by atoms with Crippen molar-refractivity contribution in [1.82, 2.24) is 0 Å². The Hall–Kier alpha value is -2.17. The van der Waals surface area contributed by atoms with Crippen molar-refractivity contribution in [3.63, 3.8) is 0 Å². The molecular weight excluding hydrogens is 386 g/mol. The van der Waals surface area contributed by atoms with Gasteiger partial charge in [-0.1, -0.05) is 73.9 Å². The first-order chi connectivity index (χ1) is 15.0. The number of hydrogen-bond donors (Lipinski definition) is 1. The summed E-state index contributed by atoms with van der Waals surface area (Å²) in [4.78, 5) is 13.7. The molecule has 4 nitrogen and oxygen atoms in total. The number of fused-ring (bicyclic) bond motifs is 2. The lowest BCUT2D eigenvalue weighted by Crippen LogP contribution is -2.48. The Morgan fingerprint density at radius 2 is 1.71 bits per heavy atom. The quantitative estimate of drug-likeness (QED) is 0.597. The van der Waals surface area contributed by atoms with Crippen LogP contribution in [0.5, 0.6) is 0 Å². The number of rotatable bonds is 3. The highest BCUT2D eigenvalue weighted by Crippen LogP contribution is 2.58. The van der Waals surface area contributed by atoms with Crippen LogP contribution in [0, 0.1) is 11.8 Å². The van der Waals surface area contributed by atoms with Gasteiger partial charge in [0.05, 0.1) is 12.5 Å². The molecule has 3 fully saturated rings. The molecule has 2 aliphatic heterocycles. The van der Waals surface area contributed by atoms with Crippen molar-refractivity contribution in [2.24, 2.45) is 11.8 Å². The second-order valence-electron chi connectivity index (χ2n) is 10.6. The molecule has 4 heteroatoms. The third-order valence-electron chi connectivity index (χ3n) is 8.48. The summed E-state index contributed by atoms with van der Waals surface area (Å²) in [5.74, 6) is -0.0327. The van der Waals surface area contributed by atoms with Crippen LogP contribution < -0.4 is 0 Å². The summed E-state index contributed by atoms with van der Waals surface area (Å²) in [6.45, 7) is 3.67. The molecule has 2 saturated carbocycles. The molecule has 162 valence electrons. The van der Waals surface area contributed by atoms with Gasteiger partial charge < -0.3 is 14.3 Å². The molecule has 2 heterocycles. The highest BCUT2D eigenvalue weighted by molar-refractivity contribution is 5.83. The zero-order chi connectivity index (χ0) is 21.1. The van der Waals surface area contributed by atoms with Crippen LogP contribution in [0.2, 0.25) is 0 Å². The van der Waals surface area contributed by atoms with Crippen molar-refractivity contribution in [3.8, 4) is 0 Å². The molecule has 0 aromatic heterocycles. The summed E-state index contributed by atoms with van der Waals surface area (Å²) < 4.78 is 7.21. The Labute approximate surface area is 184 Å². The molecule has 2 aromatic carbocycles. The van der Waals surface area contributed by atoms with Gasteiger partial charge in [-0.25, -0.2) is 4.79 Å². The second-order valence-corrected chi connectivity index (χ2v) is 10.6. The summed E-state index contributed by atoms with van der Waals surface area (Å²) in [7, 11) is 0. The predicted molar refractivity (Wildman–Crippen MR) is 118 cm³/mol. The Bertz CT molecular complexity index is 1000. The number of ether oxygens (including phenoxy) is 1. The first-order valence-electron chi connectivity index (χ1n) is 12.0. The third kappa shape index (κ3) is 3.07. The van der Waals surface area contributed by atoms with Gasteiger partial charge in [0.1, 0.15) is 19.6 Å². The van der Waals surface area contributed by atoms with E-state index in [1.807, 2.05) is 12.1 Å². The van der Waals surface area contributed by atoms with Crippen molar-refractivity contribution in [3.05, 3.63) is 71.3 Å². The summed E-state index contributed by atoms with van der Waals surface area (Å²) in [5, 5.41) is 12.1. The van der Waals surface area contributed by atoms with Crippen molar-refractivity contribution in [1.29, 1.82) is 0 Å². The third-order valence-corrected chi connectivity index (χ3v) is 8.48. The largest absolute Gasteiger partial charge is 0.450 e. The Kier molecular flexibility index (Phi) is 4.35. The maximum absolute atomic E-state index is 13.7. The van der Waals surface area contributed by atoms with Crippen LogP contribution >= 0.6 is 0 Å².